The number of likely N-dealkylation sites (N-methyl/N-ethyl adjacent to an activating group) is 1. The van der Waals surface area contributed by atoms with E-state index in [0.717, 1.165) is 5.56 Å². The molecule has 1 spiro atoms. The highest BCUT2D eigenvalue weighted by Gasteiger charge is 2.57. The van der Waals surface area contributed by atoms with Gasteiger partial charge in [0.15, 0.2) is 0 Å². The Balaban J connectivity index is 1.61. The average molecular weight is 520 g/mol. The van der Waals surface area contributed by atoms with Crippen LogP contribution in [0.5, 0.6) is 0 Å². The largest absolute Gasteiger partial charge is 0.403 e. The van der Waals surface area contributed by atoms with E-state index in [-0.39, 0.29) is 38.1 Å². The first-order valence-electron chi connectivity index (χ1n) is 12.4. The van der Waals surface area contributed by atoms with Crippen molar-refractivity contribution in [2.24, 2.45) is 5.41 Å². The lowest BCUT2D eigenvalue weighted by atomic mass is 9.80. The Morgan fingerprint density at radius 3 is 2.51 bits per heavy atom. The van der Waals surface area contributed by atoms with E-state index < -0.39 is 53.0 Å². The quantitative estimate of drug-likeness (QED) is 0.637. The first-order valence-corrected chi connectivity index (χ1v) is 12.4. The van der Waals surface area contributed by atoms with Crippen molar-refractivity contribution in [3.8, 4) is 6.07 Å². The van der Waals surface area contributed by atoms with Crippen LogP contribution in [0.3, 0.4) is 0 Å². The molecule has 2 fully saturated rings. The summed E-state index contributed by atoms with van der Waals surface area (Å²) in [5.74, 6) is -1.37. The summed E-state index contributed by atoms with van der Waals surface area (Å²) in [7, 11) is 1.42. The first kappa shape index (κ1) is 26.9. The third kappa shape index (κ3) is 4.91. The van der Waals surface area contributed by atoms with E-state index in [2.05, 4.69) is 16.7 Å². The molecule has 0 saturated carbocycles. The number of hydrogen-bond acceptors (Lipinski definition) is 5. The second kappa shape index (κ2) is 9.31. The predicted molar refractivity (Wildman–Crippen MR) is 129 cm³/mol. The zero-order valence-electron chi connectivity index (χ0n) is 21.4. The molecule has 2 saturated heterocycles. The van der Waals surface area contributed by atoms with Crippen LogP contribution in [0, 0.1) is 16.7 Å². The van der Waals surface area contributed by atoms with Gasteiger partial charge in [-0.2, -0.15) is 18.4 Å². The smallest absolute Gasteiger partial charge is 0.332 e. The Morgan fingerprint density at radius 1 is 1.24 bits per heavy atom. The van der Waals surface area contributed by atoms with E-state index in [0.29, 0.717) is 5.69 Å². The van der Waals surface area contributed by atoms with Crippen molar-refractivity contribution >= 4 is 23.4 Å². The minimum absolute atomic E-state index is 0.00831. The zero-order valence-corrected chi connectivity index (χ0v) is 21.4. The van der Waals surface area contributed by atoms with Gasteiger partial charge in [0, 0.05) is 25.7 Å². The lowest BCUT2D eigenvalue weighted by Crippen LogP contribution is -2.56. The summed E-state index contributed by atoms with van der Waals surface area (Å²) >= 11 is 0. The molecule has 3 heterocycles. The molecule has 0 aromatic heterocycles. The lowest BCUT2D eigenvalue weighted by molar-refractivity contribution is -0.155. The lowest BCUT2D eigenvalue weighted by Gasteiger charge is -2.36. The Kier molecular flexibility index (Phi) is 6.78. The summed E-state index contributed by atoms with van der Waals surface area (Å²) in [4.78, 5) is 42.9. The van der Waals surface area contributed by atoms with Crippen molar-refractivity contribution in [3.05, 3.63) is 29.8 Å². The van der Waals surface area contributed by atoms with Gasteiger partial charge >= 0.3 is 6.18 Å². The topological polar surface area (TPSA) is 106 Å². The Morgan fingerprint density at radius 2 is 1.92 bits per heavy atom. The van der Waals surface area contributed by atoms with Crippen LogP contribution in [0.15, 0.2) is 24.3 Å². The molecule has 1 aromatic rings. The number of carbonyl (C=O) groups excluding carboxylic acids is 3. The van der Waals surface area contributed by atoms with Gasteiger partial charge in [-0.3, -0.25) is 19.7 Å². The minimum atomic E-state index is -4.46. The Hall–Kier alpha value is -3.13. The van der Waals surface area contributed by atoms with Crippen molar-refractivity contribution in [3.63, 3.8) is 0 Å². The molecule has 0 aliphatic carbocycles. The molecule has 0 bridgehead atoms. The van der Waals surface area contributed by atoms with Gasteiger partial charge in [0.25, 0.3) is 0 Å². The van der Waals surface area contributed by atoms with Gasteiger partial charge in [0.2, 0.25) is 17.7 Å². The number of nitriles is 1. The third-order valence-corrected chi connectivity index (χ3v) is 7.66. The molecule has 5 atom stereocenters. The number of nitrogens with one attached hydrogen (secondary N) is 2. The summed E-state index contributed by atoms with van der Waals surface area (Å²) in [5, 5.41) is 15.1. The molecule has 3 amide bonds. The van der Waals surface area contributed by atoms with Crippen molar-refractivity contribution in [1.82, 2.24) is 15.1 Å². The van der Waals surface area contributed by atoms with Gasteiger partial charge in [0.1, 0.15) is 18.1 Å². The molecule has 11 heteroatoms. The van der Waals surface area contributed by atoms with E-state index in [9.17, 15) is 32.8 Å². The number of likely N-dealkylation sites (tertiary alicyclic amines) is 1. The Bertz CT molecular complexity index is 1140. The molecular weight excluding hydrogens is 487 g/mol. The molecule has 4 rings (SSSR count). The fraction of sp³-hybridized carbons (Fsp3) is 0.615. The molecule has 2 N–H and O–H groups in total. The fourth-order valence-electron chi connectivity index (χ4n) is 5.74. The summed E-state index contributed by atoms with van der Waals surface area (Å²) < 4.78 is 39.5. The summed E-state index contributed by atoms with van der Waals surface area (Å²) in [6.45, 7) is 5.67. The highest BCUT2D eigenvalue weighted by Crippen LogP contribution is 2.46. The SMILES string of the molecule is CN(C(=O)[C@@H]1CC[C@@H](C(F)(F)F)N1)[C@@H](CC(C)(C)C)C(=O)N1C[C@]2(C[C@H]1C#N)C(=O)Nc1ccccc12. The number of para-hydroxylation sites is 1. The van der Waals surface area contributed by atoms with Crippen LogP contribution >= 0.6 is 0 Å². The van der Waals surface area contributed by atoms with E-state index >= 15 is 0 Å². The van der Waals surface area contributed by atoms with Crippen molar-refractivity contribution < 1.29 is 27.6 Å². The second-order valence-corrected chi connectivity index (χ2v) is 11.5. The van der Waals surface area contributed by atoms with Gasteiger partial charge in [-0.25, -0.2) is 0 Å². The van der Waals surface area contributed by atoms with Crippen LogP contribution < -0.4 is 10.6 Å². The maximum absolute atomic E-state index is 14.0. The van der Waals surface area contributed by atoms with Crippen LogP contribution in [0.4, 0.5) is 18.9 Å². The second-order valence-electron chi connectivity index (χ2n) is 11.5. The number of halogens is 3. The molecule has 0 radical (unpaired) electrons. The molecule has 37 heavy (non-hydrogen) atoms. The van der Waals surface area contributed by atoms with Gasteiger partial charge in [-0.05, 0) is 36.3 Å². The van der Waals surface area contributed by atoms with Crippen LogP contribution in [0.25, 0.3) is 0 Å². The maximum Gasteiger partial charge on any atom is 0.403 e. The molecule has 200 valence electrons. The van der Waals surface area contributed by atoms with Gasteiger partial charge < -0.3 is 15.1 Å². The van der Waals surface area contributed by atoms with E-state index in [1.54, 1.807) is 24.3 Å². The van der Waals surface area contributed by atoms with Gasteiger partial charge in [-0.15, -0.1) is 0 Å². The molecular formula is C26H32F3N5O3. The van der Waals surface area contributed by atoms with Crippen LogP contribution in [-0.4, -0.2) is 71.5 Å². The number of carbonyl (C=O) groups is 3. The van der Waals surface area contributed by atoms with Crippen LogP contribution in [-0.2, 0) is 19.8 Å². The average Bonchev–Trinajstić information content (AvgIpc) is 3.53. The highest BCUT2D eigenvalue weighted by atomic mass is 19.4. The third-order valence-electron chi connectivity index (χ3n) is 7.66. The summed E-state index contributed by atoms with van der Waals surface area (Å²) in [6, 6.07) is 4.57. The number of alkyl halides is 3. The first-order chi connectivity index (χ1) is 17.2. The standard InChI is InChI=1S/C26H32F3N5O3/c1-24(2,3)12-19(33(4)21(35)18-9-10-20(31-18)26(27,28)29)22(36)34-14-25(11-15(34)13-30)16-7-5-6-8-17(16)32-23(25)37/h5-8,15,18-20,31H,9-12,14H2,1-4H3,(H,32,37)/t15-,18-,19-,20-,25-/m0/s1. The van der Waals surface area contributed by atoms with E-state index in [1.807, 2.05) is 20.8 Å². The molecule has 0 unspecified atom stereocenters. The predicted octanol–water partition coefficient (Wildman–Crippen LogP) is 2.95. The number of amides is 3. The number of nitrogens with zero attached hydrogens (tertiary/aromatic N) is 3. The number of hydrogen-bond donors (Lipinski definition) is 2. The van der Waals surface area contributed by atoms with Crippen molar-refractivity contribution in [2.45, 2.75) is 82.2 Å². The summed E-state index contributed by atoms with van der Waals surface area (Å²) in [5.41, 5.74) is -0.123. The maximum atomic E-state index is 14.0. The van der Waals surface area contributed by atoms with Crippen molar-refractivity contribution in [2.75, 3.05) is 18.9 Å². The number of fused-ring (bicyclic) bond motifs is 2. The fourth-order valence-corrected chi connectivity index (χ4v) is 5.74. The van der Waals surface area contributed by atoms with Crippen LogP contribution in [0.1, 0.15) is 52.0 Å². The van der Waals surface area contributed by atoms with Crippen molar-refractivity contribution in [1.29, 1.82) is 5.26 Å². The summed E-state index contributed by atoms with van der Waals surface area (Å²) in [6.07, 6.45) is -4.32. The minimum Gasteiger partial charge on any atom is -0.332 e. The molecule has 3 aliphatic rings. The zero-order chi connectivity index (χ0) is 27.3. The van der Waals surface area contributed by atoms with Crippen LogP contribution in [0.2, 0.25) is 0 Å². The number of anilines is 1. The van der Waals surface area contributed by atoms with Gasteiger partial charge in [-0.1, -0.05) is 39.0 Å². The normalized spacial score (nSPS) is 28.1. The number of benzene rings is 1. The Labute approximate surface area is 214 Å². The van der Waals surface area contributed by atoms with E-state index in [1.165, 1.54) is 16.8 Å². The number of rotatable bonds is 4. The molecule has 1 aromatic carbocycles. The molecule has 3 aliphatic heterocycles. The monoisotopic (exact) mass is 519 g/mol. The molecule has 8 nitrogen and oxygen atoms in total. The highest BCUT2D eigenvalue weighted by molar-refractivity contribution is 6.07. The van der Waals surface area contributed by atoms with E-state index in [4.69, 9.17) is 0 Å². The van der Waals surface area contributed by atoms with Gasteiger partial charge in [0.05, 0.1) is 17.5 Å².